The second-order valence-electron chi connectivity index (χ2n) is 3.59. The van der Waals surface area contributed by atoms with Crippen LogP contribution < -0.4 is 10.6 Å². The summed E-state index contributed by atoms with van der Waals surface area (Å²) in [5, 5.41) is 8.21. The molecule has 0 radical (unpaired) electrons. The lowest BCUT2D eigenvalue weighted by atomic mass is 10.1. The zero-order valence-electron chi connectivity index (χ0n) is 9.65. The molecular formula is C12H13N3OS. The van der Waals surface area contributed by atoms with E-state index in [2.05, 4.69) is 15.6 Å². The van der Waals surface area contributed by atoms with Crippen LogP contribution in [0.2, 0.25) is 0 Å². The Morgan fingerprint density at radius 2 is 2.24 bits per heavy atom. The number of benzene rings is 1. The van der Waals surface area contributed by atoms with Crippen molar-refractivity contribution < 1.29 is 4.79 Å². The highest BCUT2D eigenvalue weighted by Crippen LogP contribution is 2.19. The van der Waals surface area contributed by atoms with Gasteiger partial charge in [-0.2, -0.15) is 0 Å². The summed E-state index contributed by atoms with van der Waals surface area (Å²) in [6.45, 7) is 1.96. The van der Waals surface area contributed by atoms with Gasteiger partial charge in [0.2, 0.25) is 0 Å². The van der Waals surface area contributed by atoms with Gasteiger partial charge in [0.1, 0.15) is 0 Å². The molecule has 0 saturated heterocycles. The Hall–Kier alpha value is -1.88. The summed E-state index contributed by atoms with van der Waals surface area (Å²) in [5.41, 5.74) is 2.49. The molecule has 0 spiro atoms. The molecule has 17 heavy (non-hydrogen) atoms. The molecule has 4 nitrogen and oxygen atoms in total. The van der Waals surface area contributed by atoms with E-state index in [4.69, 9.17) is 0 Å². The number of rotatable bonds is 3. The van der Waals surface area contributed by atoms with Crippen LogP contribution in [-0.4, -0.2) is 17.9 Å². The molecule has 1 aromatic carbocycles. The Morgan fingerprint density at radius 3 is 2.88 bits per heavy atom. The van der Waals surface area contributed by atoms with E-state index < -0.39 is 0 Å². The van der Waals surface area contributed by atoms with Gasteiger partial charge in [-0.3, -0.25) is 10.1 Å². The van der Waals surface area contributed by atoms with Gasteiger partial charge in [0.25, 0.3) is 5.91 Å². The lowest BCUT2D eigenvalue weighted by Gasteiger charge is -2.09. The van der Waals surface area contributed by atoms with Crippen molar-refractivity contribution in [2.24, 2.45) is 0 Å². The van der Waals surface area contributed by atoms with Crippen molar-refractivity contribution in [3.63, 3.8) is 0 Å². The number of thiazole rings is 1. The van der Waals surface area contributed by atoms with Crippen LogP contribution in [0.4, 0.5) is 10.8 Å². The first-order valence-electron chi connectivity index (χ1n) is 5.20. The smallest absolute Gasteiger partial charge is 0.259 e. The van der Waals surface area contributed by atoms with Gasteiger partial charge >= 0.3 is 0 Å². The summed E-state index contributed by atoms with van der Waals surface area (Å²) in [7, 11) is 1.80. The number of anilines is 2. The quantitative estimate of drug-likeness (QED) is 0.876. The van der Waals surface area contributed by atoms with Crippen molar-refractivity contribution >= 4 is 28.1 Å². The minimum atomic E-state index is -0.145. The van der Waals surface area contributed by atoms with Gasteiger partial charge in [-0.05, 0) is 19.1 Å². The maximum Gasteiger partial charge on any atom is 0.259 e. The highest BCUT2D eigenvalue weighted by molar-refractivity contribution is 7.13. The van der Waals surface area contributed by atoms with Gasteiger partial charge in [-0.25, -0.2) is 4.98 Å². The Kier molecular flexibility index (Phi) is 3.39. The zero-order valence-corrected chi connectivity index (χ0v) is 10.5. The van der Waals surface area contributed by atoms with E-state index in [0.29, 0.717) is 10.7 Å². The van der Waals surface area contributed by atoms with Crippen molar-refractivity contribution in [3.8, 4) is 0 Å². The number of hydrogen-bond donors (Lipinski definition) is 2. The van der Waals surface area contributed by atoms with Gasteiger partial charge < -0.3 is 5.32 Å². The number of aryl methyl sites for hydroxylation is 1. The molecule has 0 aliphatic heterocycles. The SMILES string of the molecule is CNc1ccc(C)cc1C(=O)Nc1nccs1. The predicted molar refractivity (Wildman–Crippen MR) is 70.8 cm³/mol. The summed E-state index contributed by atoms with van der Waals surface area (Å²) >= 11 is 1.40. The third kappa shape index (κ3) is 2.62. The zero-order chi connectivity index (χ0) is 12.3. The number of carbonyl (C=O) groups is 1. The summed E-state index contributed by atoms with van der Waals surface area (Å²) in [5.74, 6) is -0.145. The van der Waals surface area contributed by atoms with Gasteiger partial charge in [-0.15, -0.1) is 11.3 Å². The fourth-order valence-electron chi connectivity index (χ4n) is 1.51. The molecule has 2 N–H and O–H groups in total. The normalized spacial score (nSPS) is 10.0. The van der Waals surface area contributed by atoms with E-state index in [1.807, 2.05) is 30.5 Å². The fraction of sp³-hybridized carbons (Fsp3) is 0.167. The first-order valence-corrected chi connectivity index (χ1v) is 6.08. The van der Waals surface area contributed by atoms with Gasteiger partial charge in [-0.1, -0.05) is 11.6 Å². The summed E-state index contributed by atoms with van der Waals surface area (Å²) in [6.07, 6.45) is 1.66. The maximum absolute atomic E-state index is 12.1. The Balaban J connectivity index is 2.26. The number of carbonyl (C=O) groups excluding carboxylic acids is 1. The Morgan fingerprint density at radius 1 is 1.41 bits per heavy atom. The second-order valence-corrected chi connectivity index (χ2v) is 4.48. The number of amides is 1. The van der Waals surface area contributed by atoms with Gasteiger partial charge in [0.15, 0.2) is 5.13 Å². The third-order valence-electron chi connectivity index (χ3n) is 2.34. The summed E-state index contributed by atoms with van der Waals surface area (Å²) < 4.78 is 0. The minimum absolute atomic E-state index is 0.145. The fourth-order valence-corrected chi connectivity index (χ4v) is 2.04. The molecule has 0 atom stereocenters. The van der Waals surface area contributed by atoms with Crippen molar-refractivity contribution in [2.45, 2.75) is 6.92 Å². The monoisotopic (exact) mass is 247 g/mol. The maximum atomic E-state index is 12.1. The lowest BCUT2D eigenvalue weighted by Crippen LogP contribution is -2.14. The molecule has 0 aliphatic carbocycles. The van der Waals surface area contributed by atoms with Crippen LogP contribution in [0.5, 0.6) is 0 Å². The van der Waals surface area contributed by atoms with E-state index in [-0.39, 0.29) is 5.91 Å². The summed E-state index contributed by atoms with van der Waals surface area (Å²) in [4.78, 5) is 16.1. The molecule has 2 aromatic rings. The van der Waals surface area contributed by atoms with Crippen molar-refractivity contribution in [2.75, 3.05) is 17.7 Å². The number of nitrogens with zero attached hydrogens (tertiary/aromatic N) is 1. The first-order chi connectivity index (χ1) is 8.20. The molecule has 1 aromatic heterocycles. The van der Waals surface area contributed by atoms with Crippen LogP contribution in [0.15, 0.2) is 29.8 Å². The van der Waals surface area contributed by atoms with Crippen LogP contribution in [-0.2, 0) is 0 Å². The van der Waals surface area contributed by atoms with Crippen LogP contribution in [0.3, 0.4) is 0 Å². The van der Waals surface area contributed by atoms with Gasteiger partial charge in [0.05, 0.1) is 5.56 Å². The van der Waals surface area contributed by atoms with E-state index in [0.717, 1.165) is 11.3 Å². The van der Waals surface area contributed by atoms with Crippen molar-refractivity contribution in [1.82, 2.24) is 4.98 Å². The minimum Gasteiger partial charge on any atom is -0.387 e. The molecule has 1 heterocycles. The Bertz CT molecular complexity index is 523. The molecule has 0 unspecified atom stereocenters. The van der Waals surface area contributed by atoms with Crippen LogP contribution in [0.1, 0.15) is 15.9 Å². The van der Waals surface area contributed by atoms with Crippen LogP contribution >= 0.6 is 11.3 Å². The van der Waals surface area contributed by atoms with E-state index in [1.54, 1.807) is 13.2 Å². The highest BCUT2D eigenvalue weighted by atomic mass is 32.1. The van der Waals surface area contributed by atoms with E-state index in [9.17, 15) is 4.79 Å². The van der Waals surface area contributed by atoms with Crippen LogP contribution in [0.25, 0.3) is 0 Å². The molecule has 0 saturated carbocycles. The molecule has 0 aliphatic rings. The first kappa shape index (κ1) is 11.6. The molecule has 1 amide bonds. The summed E-state index contributed by atoms with van der Waals surface area (Å²) in [6, 6.07) is 5.72. The molecule has 88 valence electrons. The Labute approximate surface area is 104 Å². The molecule has 2 rings (SSSR count). The van der Waals surface area contributed by atoms with E-state index >= 15 is 0 Å². The molecule has 0 fully saturated rings. The number of aromatic nitrogens is 1. The second kappa shape index (κ2) is 4.97. The average molecular weight is 247 g/mol. The average Bonchev–Trinajstić information content (AvgIpc) is 2.81. The van der Waals surface area contributed by atoms with Crippen molar-refractivity contribution in [3.05, 3.63) is 40.9 Å². The highest BCUT2D eigenvalue weighted by Gasteiger charge is 2.12. The predicted octanol–water partition coefficient (Wildman–Crippen LogP) is 2.75. The number of nitrogens with one attached hydrogen (secondary N) is 2. The van der Waals surface area contributed by atoms with E-state index in [1.165, 1.54) is 11.3 Å². The van der Waals surface area contributed by atoms with Crippen molar-refractivity contribution in [1.29, 1.82) is 0 Å². The van der Waals surface area contributed by atoms with Gasteiger partial charge in [0, 0.05) is 24.3 Å². The largest absolute Gasteiger partial charge is 0.387 e. The molecular weight excluding hydrogens is 234 g/mol. The topological polar surface area (TPSA) is 54.0 Å². The molecule has 5 heteroatoms. The standard InChI is InChI=1S/C12H13N3OS/c1-8-3-4-10(13-2)9(7-8)11(16)15-12-14-5-6-17-12/h3-7,13H,1-2H3,(H,14,15,16). The third-order valence-corrected chi connectivity index (χ3v) is 3.03. The van der Waals surface area contributed by atoms with Crippen LogP contribution in [0, 0.1) is 6.92 Å². The lowest BCUT2D eigenvalue weighted by molar-refractivity contribution is 0.102. The molecule has 0 bridgehead atoms. The number of hydrogen-bond acceptors (Lipinski definition) is 4.